The van der Waals surface area contributed by atoms with E-state index < -0.39 is 195 Å². The van der Waals surface area contributed by atoms with Crippen LogP contribution in [0.25, 0.3) is 6.08 Å². The molecule has 0 saturated heterocycles. The lowest BCUT2D eigenvalue weighted by Crippen LogP contribution is -2.75. The van der Waals surface area contributed by atoms with Crippen LogP contribution < -0.4 is 26.4 Å². The second kappa shape index (κ2) is 22.2. The van der Waals surface area contributed by atoms with Crippen molar-refractivity contribution in [3.63, 3.8) is 0 Å². The van der Waals surface area contributed by atoms with Gasteiger partial charge in [-0.15, -0.1) is 0 Å². The quantitative estimate of drug-likeness (QED) is 0.0626. The highest BCUT2D eigenvalue weighted by atomic mass is 32.1. The van der Waals surface area contributed by atoms with Crippen LogP contribution in [0.5, 0.6) is 0 Å². The van der Waals surface area contributed by atoms with E-state index in [1.807, 2.05) is 24.7 Å². The van der Waals surface area contributed by atoms with Crippen molar-refractivity contribution >= 4 is 46.7 Å². The lowest BCUT2D eigenvalue weighted by Gasteiger charge is -2.46. The summed E-state index contributed by atoms with van der Waals surface area (Å²) in [7, 11) is 0. The first kappa shape index (κ1) is 61.5. The van der Waals surface area contributed by atoms with Crippen molar-refractivity contribution in [2.45, 2.75) is 81.0 Å². The van der Waals surface area contributed by atoms with Crippen LogP contribution in [0.1, 0.15) is 75.5 Å². The Hall–Kier alpha value is -6.35. The molecule has 0 aliphatic heterocycles. The van der Waals surface area contributed by atoms with Gasteiger partial charge in [-0.25, -0.2) is 0 Å². The van der Waals surface area contributed by atoms with Crippen molar-refractivity contribution in [3.05, 3.63) is 184 Å². The third kappa shape index (κ3) is 15.4. The number of hydrogen-bond acceptors (Lipinski definition) is 2. The number of nitrogens with zero attached hydrogens (tertiary/aromatic N) is 2. The molecule has 0 amide bonds. The van der Waals surface area contributed by atoms with Gasteiger partial charge in [-0.2, -0.15) is 144 Å². The minimum absolute atomic E-state index is 0.449. The molecule has 2 nitrogen and oxygen atoms in total. The Morgan fingerprint density at radius 2 is 0.740 bits per heavy atom. The zero-order chi connectivity index (χ0) is 58.1. The standard InChI is InChI=1S/C32H12BF24.C17H20N2S/c34-25(35,36)13-1-14(26(37,38)39)6-21(5-13)33(22-7-15(27(40,41)42)2-16(8-22)28(43,44)45,23-9-17(29(46,47)48)3-18(10-23)30(49,50)51)24-11-19(31(52,53)54)4-20(12-24)32(55,56)57;1-15(20)7-5-6-10-17-13-18-11-12-19(17)14-16-8-3-2-4-9-16/h1-12H;2-4,6,8-13,15H,5,7,14H2,1H3/q-1;/p+1. The molecule has 0 aliphatic rings. The van der Waals surface area contributed by atoms with Crippen LogP contribution in [0.4, 0.5) is 105 Å². The van der Waals surface area contributed by atoms with E-state index in [9.17, 15) is 105 Å². The summed E-state index contributed by atoms with van der Waals surface area (Å²) < 4.78 is 343. The average molecular weight is 1150 g/mol. The molecule has 0 N–H and O–H groups in total. The van der Waals surface area contributed by atoms with Crippen molar-refractivity contribution < 1.29 is 110 Å². The molecule has 77 heavy (non-hydrogen) atoms. The van der Waals surface area contributed by atoms with Gasteiger partial charge in [0.1, 0.15) is 6.15 Å². The second-order valence-electron chi connectivity index (χ2n) is 17.2. The van der Waals surface area contributed by atoms with E-state index >= 15 is 0 Å². The van der Waals surface area contributed by atoms with Gasteiger partial charge in [0.2, 0.25) is 5.69 Å². The molecule has 0 saturated carbocycles. The lowest BCUT2D eigenvalue weighted by atomic mass is 9.12. The Morgan fingerprint density at radius 1 is 0.455 bits per heavy atom. The van der Waals surface area contributed by atoms with Gasteiger partial charge >= 0.3 is 49.4 Å². The summed E-state index contributed by atoms with van der Waals surface area (Å²) in [5, 5.41) is 0.449. The van der Waals surface area contributed by atoms with Crippen molar-refractivity contribution in [3.8, 4) is 0 Å². The minimum atomic E-state index is -6.13. The maximum atomic E-state index is 14.2. The molecule has 1 aromatic heterocycles. The van der Waals surface area contributed by atoms with E-state index in [1.165, 1.54) is 5.56 Å². The molecular weight excluding hydrogens is 1120 g/mol. The molecule has 0 aliphatic carbocycles. The fourth-order valence-electron chi connectivity index (χ4n) is 8.07. The zero-order valence-electron chi connectivity index (χ0n) is 38.4. The highest BCUT2D eigenvalue weighted by molar-refractivity contribution is 7.80. The van der Waals surface area contributed by atoms with Crippen LogP contribution in [0.15, 0.2) is 128 Å². The molecule has 0 spiro atoms. The predicted octanol–water partition coefficient (Wildman–Crippen LogP) is 14.7. The highest BCUT2D eigenvalue weighted by Crippen LogP contribution is 2.41. The van der Waals surface area contributed by atoms with E-state index in [4.69, 9.17) is 0 Å². The maximum Gasteiger partial charge on any atom is 0.416 e. The number of halogens is 24. The number of alkyl halides is 24. The van der Waals surface area contributed by atoms with Gasteiger partial charge in [0.05, 0.1) is 56.9 Å². The van der Waals surface area contributed by atoms with Crippen LogP contribution in [0, 0.1) is 0 Å². The summed E-state index contributed by atoms with van der Waals surface area (Å²) >= 11 is 4.39. The first-order valence-electron chi connectivity index (χ1n) is 21.6. The predicted molar refractivity (Wildman–Crippen MR) is 237 cm³/mol. The van der Waals surface area contributed by atoms with Crippen LogP contribution in [-0.2, 0) is 56.0 Å². The molecular formula is C49H33BF24N2S. The summed E-state index contributed by atoms with van der Waals surface area (Å²) in [5.41, 5.74) is -27.8. The molecule has 416 valence electrons. The number of aromatic nitrogens is 2. The monoisotopic (exact) mass is 1150 g/mol. The Kier molecular flexibility index (Phi) is 17.7. The summed E-state index contributed by atoms with van der Waals surface area (Å²) in [6.45, 7) is 2.99. The Labute approximate surface area is 425 Å². The summed E-state index contributed by atoms with van der Waals surface area (Å²) in [6.07, 6.45) is -42.6. The van der Waals surface area contributed by atoms with Gasteiger partial charge in [0.15, 0.2) is 12.7 Å². The summed E-state index contributed by atoms with van der Waals surface area (Å²) in [6, 6.07) is 1.66. The minimum Gasteiger partial charge on any atom is -0.252 e. The summed E-state index contributed by atoms with van der Waals surface area (Å²) in [5.74, 6) is 0. The Morgan fingerprint density at radius 3 is 1.00 bits per heavy atom. The third-order valence-corrected chi connectivity index (χ3v) is 11.8. The fraction of sp³-hybridized carbons (Fsp3) is 0.265. The van der Waals surface area contributed by atoms with Gasteiger partial charge in [0, 0.05) is 11.6 Å². The van der Waals surface area contributed by atoms with Crippen molar-refractivity contribution in [1.82, 2.24) is 4.98 Å². The van der Waals surface area contributed by atoms with Crippen LogP contribution in [0.2, 0.25) is 0 Å². The number of rotatable bonds is 10. The normalized spacial score (nSPS) is 13.9. The average Bonchev–Trinajstić information content (AvgIpc) is 3.29. The molecule has 1 heterocycles. The van der Waals surface area contributed by atoms with E-state index in [0.717, 1.165) is 25.1 Å². The SMILES string of the molecule is CC(S)CCC=Cc1cncc[n+]1Cc1ccccc1.FC(F)(F)c1cc([B-](c2cc(C(F)(F)F)cc(C(F)(F)F)c2)(c2cc(C(F)(F)F)cc(C(F)(F)F)c2)c2cc(C(F)(F)F)cc(C(F)(F)F)c2)cc(C(F)(F)F)c1. The second-order valence-corrected chi connectivity index (χ2v) is 18.0. The largest absolute Gasteiger partial charge is 0.416 e. The van der Waals surface area contributed by atoms with Gasteiger partial charge in [-0.05, 0) is 42.4 Å². The van der Waals surface area contributed by atoms with Gasteiger partial charge in [-0.3, -0.25) is 4.98 Å². The van der Waals surface area contributed by atoms with Crippen LogP contribution in [0.3, 0.4) is 0 Å². The van der Waals surface area contributed by atoms with Crippen molar-refractivity contribution in [2.75, 3.05) is 0 Å². The molecule has 28 heteroatoms. The first-order chi connectivity index (χ1) is 35.0. The molecule has 0 bridgehead atoms. The number of benzene rings is 5. The zero-order valence-corrected chi connectivity index (χ0v) is 39.3. The molecule has 0 radical (unpaired) electrons. The molecule has 6 aromatic rings. The van der Waals surface area contributed by atoms with Gasteiger partial charge in [0.25, 0.3) is 0 Å². The van der Waals surface area contributed by atoms with Crippen LogP contribution in [-0.4, -0.2) is 16.4 Å². The van der Waals surface area contributed by atoms with Crippen molar-refractivity contribution in [1.29, 1.82) is 0 Å². The highest BCUT2D eigenvalue weighted by Gasteiger charge is 2.47. The molecule has 6 rings (SSSR count). The van der Waals surface area contributed by atoms with E-state index in [1.54, 1.807) is 0 Å². The fourth-order valence-corrected chi connectivity index (χ4v) is 8.22. The topological polar surface area (TPSA) is 16.8 Å². The van der Waals surface area contributed by atoms with E-state index in [2.05, 4.69) is 65.5 Å². The van der Waals surface area contributed by atoms with Crippen molar-refractivity contribution in [2.24, 2.45) is 0 Å². The van der Waals surface area contributed by atoms with E-state index in [0.29, 0.717) is 5.25 Å². The van der Waals surface area contributed by atoms with E-state index in [-0.39, 0.29) is 0 Å². The molecule has 5 aromatic carbocycles. The number of hydrogen-bond donors (Lipinski definition) is 1. The molecule has 1 atom stereocenters. The smallest absolute Gasteiger partial charge is 0.252 e. The lowest BCUT2D eigenvalue weighted by molar-refractivity contribution is -0.690. The number of thiol groups is 1. The van der Waals surface area contributed by atoms with Gasteiger partial charge in [-0.1, -0.05) is 91.9 Å². The first-order valence-corrected chi connectivity index (χ1v) is 22.1. The third-order valence-electron chi connectivity index (χ3n) is 11.5. The Bertz CT molecular complexity index is 2600. The Balaban J connectivity index is 0.000000455. The van der Waals surface area contributed by atoms with Gasteiger partial charge < -0.3 is 0 Å². The maximum absolute atomic E-state index is 14.2. The molecule has 0 fully saturated rings. The molecule has 1 unspecified atom stereocenters. The number of allylic oxidation sites excluding steroid dienone is 1. The summed E-state index contributed by atoms with van der Waals surface area (Å²) in [4.78, 5) is 4.21. The van der Waals surface area contributed by atoms with Crippen LogP contribution >= 0.6 is 12.6 Å².